The maximum atomic E-state index is 5.93. The summed E-state index contributed by atoms with van der Waals surface area (Å²) >= 11 is 5.93. The quantitative estimate of drug-likeness (QED) is 0.368. The fourth-order valence-corrected chi connectivity index (χ4v) is 3.34. The predicted molar refractivity (Wildman–Crippen MR) is 82.5 cm³/mol. The lowest BCUT2D eigenvalue weighted by Gasteiger charge is -2.28. The number of alkyl halides is 1. The highest BCUT2D eigenvalue weighted by Crippen LogP contribution is 2.23. The molecule has 2 heteroatoms. The average molecular weight is 274 g/mol. The summed E-state index contributed by atoms with van der Waals surface area (Å²) in [5.41, 5.74) is 0. The van der Waals surface area contributed by atoms with Gasteiger partial charge in [-0.25, -0.2) is 0 Å². The van der Waals surface area contributed by atoms with E-state index in [0.29, 0.717) is 0 Å². The number of unbranched alkanes of at least 4 members (excludes halogenated alkanes) is 6. The zero-order chi connectivity index (χ0) is 13.1. The molecular formula is C16H32ClN. The van der Waals surface area contributed by atoms with Gasteiger partial charge in [-0.15, -0.1) is 11.6 Å². The molecule has 0 aromatic rings. The van der Waals surface area contributed by atoms with E-state index in [1.165, 1.54) is 77.2 Å². The van der Waals surface area contributed by atoms with E-state index >= 15 is 0 Å². The summed E-state index contributed by atoms with van der Waals surface area (Å²) < 4.78 is 0. The van der Waals surface area contributed by atoms with Gasteiger partial charge in [-0.2, -0.15) is 0 Å². The fourth-order valence-electron chi connectivity index (χ4n) is 3.13. The van der Waals surface area contributed by atoms with Crippen molar-refractivity contribution < 1.29 is 0 Å². The van der Waals surface area contributed by atoms with Gasteiger partial charge in [-0.1, -0.05) is 58.3 Å². The average Bonchev–Trinajstić information content (AvgIpc) is 2.90. The smallest absolute Gasteiger partial charge is 0.0351 e. The molecule has 108 valence electrons. The van der Waals surface area contributed by atoms with E-state index in [1.807, 2.05) is 0 Å². The Morgan fingerprint density at radius 3 is 2.11 bits per heavy atom. The molecule has 0 aliphatic heterocycles. The third-order valence-corrected chi connectivity index (χ3v) is 4.43. The summed E-state index contributed by atoms with van der Waals surface area (Å²) in [4.78, 5) is 2.66. The summed E-state index contributed by atoms with van der Waals surface area (Å²) in [6.07, 6.45) is 15.5. The van der Waals surface area contributed by atoms with Crippen molar-refractivity contribution in [2.45, 2.75) is 83.6 Å². The molecule has 0 spiro atoms. The third-order valence-electron chi connectivity index (χ3n) is 4.26. The van der Waals surface area contributed by atoms with E-state index in [9.17, 15) is 0 Å². The number of hydrogen-bond acceptors (Lipinski definition) is 1. The van der Waals surface area contributed by atoms with Crippen molar-refractivity contribution in [2.75, 3.05) is 19.0 Å². The molecule has 1 aliphatic carbocycles. The summed E-state index contributed by atoms with van der Waals surface area (Å²) in [7, 11) is 0. The Hall–Kier alpha value is 0.250. The molecule has 0 N–H and O–H groups in total. The van der Waals surface area contributed by atoms with E-state index in [1.54, 1.807) is 0 Å². The number of rotatable bonds is 11. The second-order valence-electron chi connectivity index (χ2n) is 5.78. The second-order valence-corrected chi connectivity index (χ2v) is 6.16. The van der Waals surface area contributed by atoms with Gasteiger partial charge in [0, 0.05) is 18.5 Å². The van der Waals surface area contributed by atoms with E-state index in [4.69, 9.17) is 11.6 Å². The lowest BCUT2D eigenvalue weighted by Crippen LogP contribution is -2.35. The van der Waals surface area contributed by atoms with Crippen molar-refractivity contribution in [3.8, 4) is 0 Å². The van der Waals surface area contributed by atoms with Crippen LogP contribution in [0, 0.1) is 0 Å². The highest BCUT2D eigenvalue weighted by Gasteiger charge is 2.21. The zero-order valence-electron chi connectivity index (χ0n) is 12.3. The highest BCUT2D eigenvalue weighted by molar-refractivity contribution is 6.18. The van der Waals surface area contributed by atoms with Crippen LogP contribution in [0.4, 0.5) is 0 Å². The first-order valence-electron chi connectivity index (χ1n) is 8.18. The van der Waals surface area contributed by atoms with Crippen LogP contribution in [0.15, 0.2) is 0 Å². The van der Waals surface area contributed by atoms with Gasteiger partial charge in [0.25, 0.3) is 0 Å². The van der Waals surface area contributed by atoms with Crippen LogP contribution in [0.2, 0.25) is 0 Å². The Morgan fingerprint density at radius 1 is 0.889 bits per heavy atom. The first-order valence-corrected chi connectivity index (χ1v) is 8.72. The van der Waals surface area contributed by atoms with Gasteiger partial charge in [0.05, 0.1) is 0 Å². The molecule has 1 fully saturated rings. The Kier molecular flexibility index (Phi) is 10.1. The summed E-state index contributed by atoms with van der Waals surface area (Å²) in [6, 6.07) is 0.851. The van der Waals surface area contributed by atoms with Crippen molar-refractivity contribution in [1.29, 1.82) is 0 Å². The Morgan fingerprint density at radius 2 is 1.50 bits per heavy atom. The molecule has 0 aromatic heterocycles. The number of halogens is 1. The van der Waals surface area contributed by atoms with E-state index in [-0.39, 0.29) is 0 Å². The Bertz CT molecular complexity index is 178. The van der Waals surface area contributed by atoms with Crippen molar-refractivity contribution in [1.82, 2.24) is 4.90 Å². The molecule has 18 heavy (non-hydrogen) atoms. The van der Waals surface area contributed by atoms with E-state index in [0.717, 1.165) is 18.5 Å². The molecule has 0 unspecified atom stereocenters. The first kappa shape index (κ1) is 16.3. The van der Waals surface area contributed by atoms with Gasteiger partial charge < -0.3 is 0 Å². The Balaban J connectivity index is 2.02. The van der Waals surface area contributed by atoms with Gasteiger partial charge in [-0.3, -0.25) is 4.90 Å². The molecule has 0 atom stereocenters. The van der Waals surface area contributed by atoms with Gasteiger partial charge in [-0.05, 0) is 25.8 Å². The van der Waals surface area contributed by atoms with Gasteiger partial charge >= 0.3 is 0 Å². The fraction of sp³-hybridized carbons (Fsp3) is 1.00. The van der Waals surface area contributed by atoms with Crippen LogP contribution in [-0.4, -0.2) is 29.9 Å². The molecule has 1 rings (SSSR count). The van der Waals surface area contributed by atoms with Crippen LogP contribution in [0.25, 0.3) is 0 Å². The lowest BCUT2D eigenvalue weighted by molar-refractivity contribution is 0.205. The molecule has 0 saturated heterocycles. The van der Waals surface area contributed by atoms with Crippen LogP contribution >= 0.6 is 11.6 Å². The van der Waals surface area contributed by atoms with Crippen LogP contribution < -0.4 is 0 Å². The zero-order valence-corrected chi connectivity index (χ0v) is 13.1. The topological polar surface area (TPSA) is 3.24 Å². The molecule has 0 amide bonds. The van der Waals surface area contributed by atoms with Gasteiger partial charge in [0.2, 0.25) is 0 Å². The molecule has 0 radical (unpaired) electrons. The minimum absolute atomic E-state index is 0.799. The van der Waals surface area contributed by atoms with Crippen LogP contribution in [0.3, 0.4) is 0 Å². The van der Waals surface area contributed by atoms with E-state index in [2.05, 4.69) is 11.8 Å². The third kappa shape index (κ3) is 6.99. The molecule has 1 saturated carbocycles. The predicted octanol–water partition coefficient (Wildman–Crippen LogP) is 5.22. The second kappa shape index (κ2) is 11.1. The van der Waals surface area contributed by atoms with Crippen molar-refractivity contribution >= 4 is 11.6 Å². The van der Waals surface area contributed by atoms with Gasteiger partial charge in [0.15, 0.2) is 0 Å². The molecule has 0 heterocycles. The number of hydrogen-bond donors (Lipinski definition) is 0. The minimum atomic E-state index is 0.799. The Labute approximate surface area is 119 Å². The van der Waals surface area contributed by atoms with Crippen molar-refractivity contribution in [2.24, 2.45) is 0 Å². The minimum Gasteiger partial charge on any atom is -0.299 e. The standard InChI is InChI=1S/C16H32ClN/c1-2-3-4-5-6-7-10-14-18(15-13-17)16-11-8-9-12-16/h16H,2-15H2,1H3. The van der Waals surface area contributed by atoms with E-state index < -0.39 is 0 Å². The largest absolute Gasteiger partial charge is 0.299 e. The molecule has 1 aliphatic rings. The summed E-state index contributed by atoms with van der Waals surface area (Å²) in [5, 5.41) is 0. The van der Waals surface area contributed by atoms with Gasteiger partial charge in [0.1, 0.15) is 0 Å². The van der Waals surface area contributed by atoms with Crippen molar-refractivity contribution in [3.63, 3.8) is 0 Å². The van der Waals surface area contributed by atoms with Crippen molar-refractivity contribution in [3.05, 3.63) is 0 Å². The first-order chi connectivity index (χ1) is 8.88. The molecule has 0 aromatic carbocycles. The highest BCUT2D eigenvalue weighted by atomic mass is 35.5. The number of nitrogens with zero attached hydrogens (tertiary/aromatic N) is 1. The SMILES string of the molecule is CCCCCCCCCN(CCCl)C1CCCC1. The maximum absolute atomic E-state index is 5.93. The monoisotopic (exact) mass is 273 g/mol. The summed E-state index contributed by atoms with van der Waals surface area (Å²) in [6.45, 7) is 4.67. The molecule has 1 nitrogen and oxygen atoms in total. The maximum Gasteiger partial charge on any atom is 0.0351 e. The van der Waals surface area contributed by atoms with Crippen LogP contribution in [-0.2, 0) is 0 Å². The van der Waals surface area contributed by atoms with Crippen LogP contribution in [0.5, 0.6) is 0 Å². The lowest BCUT2D eigenvalue weighted by atomic mass is 10.1. The summed E-state index contributed by atoms with van der Waals surface area (Å²) in [5.74, 6) is 0.799. The molecule has 0 bridgehead atoms. The molecular weight excluding hydrogens is 242 g/mol. The normalized spacial score (nSPS) is 16.8. The van der Waals surface area contributed by atoms with Crippen LogP contribution in [0.1, 0.15) is 77.6 Å².